The summed E-state index contributed by atoms with van der Waals surface area (Å²) in [6.45, 7) is 0. The highest BCUT2D eigenvalue weighted by molar-refractivity contribution is 5.58. The number of carbonyl (C=O) groups excluding carboxylic acids is 1. The number of halogens is 1. The maximum absolute atomic E-state index is 12.6. The third kappa shape index (κ3) is 2.43. The minimum atomic E-state index is -0.660. The van der Waals surface area contributed by atoms with Crippen LogP contribution in [0.1, 0.15) is 5.56 Å². The van der Waals surface area contributed by atoms with Crippen molar-refractivity contribution in [2.75, 3.05) is 0 Å². The molecule has 0 saturated heterocycles. The van der Waals surface area contributed by atoms with Crippen molar-refractivity contribution in [2.24, 2.45) is 5.73 Å². The number of nitrogens with two attached hydrogens (primary N) is 1. The zero-order chi connectivity index (χ0) is 8.97. The van der Waals surface area contributed by atoms with Crippen molar-refractivity contribution in [3.05, 3.63) is 35.6 Å². The Kier molecular flexibility index (Phi) is 2.94. The smallest absolute Gasteiger partial charge is 0.217 e. The highest BCUT2D eigenvalue weighted by atomic mass is 19.1. The molecule has 0 aliphatic carbocycles. The van der Waals surface area contributed by atoms with Crippen LogP contribution in [0, 0.1) is 5.82 Å². The van der Waals surface area contributed by atoms with Crippen LogP contribution in [-0.2, 0) is 11.2 Å². The summed E-state index contributed by atoms with van der Waals surface area (Å²) in [5.74, 6) is -0.314. The molecule has 2 nitrogen and oxygen atoms in total. The molecule has 1 rings (SSSR count). The van der Waals surface area contributed by atoms with Gasteiger partial charge in [0.15, 0.2) is 0 Å². The molecule has 0 aliphatic rings. The Bertz CT molecular complexity index is 275. The van der Waals surface area contributed by atoms with E-state index in [2.05, 4.69) is 0 Å². The average molecular weight is 166 g/mol. The molecule has 2 N–H and O–H groups in total. The maximum atomic E-state index is 12.6. The minimum absolute atomic E-state index is 0.314. The molecular weight excluding hydrogens is 157 g/mol. The Hall–Kier alpha value is -1.22. The van der Waals surface area contributed by atoms with Gasteiger partial charge in [0.2, 0.25) is 6.29 Å². The van der Waals surface area contributed by atoms with Crippen LogP contribution in [0.5, 0.6) is 0 Å². The first-order valence-corrected chi connectivity index (χ1v) is 3.60. The van der Waals surface area contributed by atoms with E-state index in [1.54, 1.807) is 18.4 Å². The Labute approximate surface area is 70.2 Å². The second-order valence-corrected chi connectivity index (χ2v) is 2.56. The third-order valence-electron chi connectivity index (χ3n) is 1.50. The van der Waals surface area contributed by atoms with E-state index in [1.165, 1.54) is 12.1 Å². The fourth-order valence-electron chi connectivity index (χ4n) is 0.960. The van der Waals surface area contributed by atoms with E-state index < -0.39 is 6.04 Å². The molecule has 0 fully saturated rings. The fourth-order valence-corrected chi connectivity index (χ4v) is 0.960. The van der Waals surface area contributed by atoms with E-state index in [4.69, 9.17) is 5.73 Å². The van der Waals surface area contributed by atoms with Gasteiger partial charge in [0.25, 0.3) is 0 Å². The second-order valence-electron chi connectivity index (χ2n) is 2.56. The minimum Gasteiger partial charge on any atom is -0.321 e. The zero-order valence-corrected chi connectivity index (χ0v) is 6.46. The van der Waals surface area contributed by atoms with Crippen molar-refractivity contribution in [1.29, 1.82) is 0 Å². The molecule has 0 saturated carbocycles. The van der Waals surface area contributed by atoms with Crippen LogP contribution in [-0.4, -0.2) is 12.3 Å². The summed E-state index contributed by atoms with van der Waals surface area (Å²) >= 11 is 0. The van der Waals surface area contributed by atoms with E-state index >= 15 is 0 Å². The molecule has 0 bridgehead atoms. The van der Waals surface area contributed by atoms with Crippen molar-refractivity contribution in [2.45, 2.75) is 12.5 Å². The van der Waals surface area contributed by atoms with Gasteiger partial charge in [0.05, 0.1) is 6.04 Å². The molecule has 0 heterocycles. The molecule has 0 aliphatic heterocycles. The Morgan fingerprint density at radius 3 is 2.92 bits per heavy atom. The zero-order valence-electron chi connectivity index (χ0n) is 6.46. The van der Waals surface area contributed by atoms with Crippen molar-refractivity contribution in [1.82, 2.24) is 0 Å². The molecule has 0 aromatic heterocycles. The molecule has 12 heavy (non-hydrogen) atoms. The van der Waals surface area contributed by atoms with Crippen LogP contribution in [0.15, 0.2) is 24.3 Å². The predicted molar refractivity (Wildman–Crippen MR) is 43.8 cm³/mol. The van der Waals surface area contributed by atoms with Crippen LogP contribution in [0.25, 0.3) is 0 Å². The SMILES string of the molecule is NC([C]=O)Cc1cccc(F)c1. The third-order valence-corrected chi connectivity index (χ3v) is 1.50. The lowest BCUT2D eigenvalue weighted by Crippen LogP contribution is -2.23. The largest absolute Gasteiger partial charge is 0.321 e. The topological polar surface area (TPSA) is 43.1 Å². The van der Waals surface area contributed by atoms with Crippen LogP contribution >= 0.6 is 0 Å². The lowest BCUT2D eigenvalue weighted by molar-refractivity contribution is 0.540. The molecular formula is C9H9FNO. The summed E-state index contributed by atoms with van der Waals surface area (Å²) in [5, 5.41) is 0. The van der Waals surface area contributed by atoms with Crippen molar-refractivity contribution in [3.8, 4) is 0 Å². The molecule has 1 unspecified atom stereocenters. The predicted octanol–water partition coefficient (Wildman–Crippen LogP) is 0.805. The standard InChI is InChI=1S/C9H9FNO/c10-8-3-1-2-7(4-8)5-9(11)6-12/h1-4,9H,5,11H2. The van der Waals surface area contributed by atoms with Gasteiger partial charge in [-0.05, 0) is 24.1 Å². The lowest BCUT2D eigenvalue weighted by Gasteiger charge is -2.02. The number of hydrogen-bond acceptors (Lipinski definition) is 2. The van der Waals surface area contributed by atoms with Gasteiger partial charge in [0, 0.05) is 0 Å². The molecule has 63 valence electrons. The van der Waals surface area contributed by atoms with Gasteiger partial charge >= 0.3 is 0 Å². The molecule has 3 heteroatoms. The summed E-state index contributed by atoms with van der Waals surface area (Å²) in [6, 6.07) is 5.35. The summed E-state index contributed by atoms with van der Waals surface area (Å²) in [7, 11) is 0. The van der Waals surface area contributed by atoms with E-state index in [9.17, 15) is 9.18 Å². The van der Waals surface area contributed by atoms with Gasteiger partial charge < -0.3 is 5.73 Å². The van der Waals surface area contributed by atoms with Gasteiger partial charge in [-0.15, -0.1) is 0 Å². The number of hydrogen-bond donors (Lipinski definition) is 1. The molecule has 1 atom stereocenters. The highest BCUT2D eigenvalue weighted by Crippen LogP contribution is 2.04. The summed E-state index contributed by atoms with van der Waals surface area (Å²) in [6.07, 6.45) is 1.97. The summed E-state index contributed by atoms with van der Waals surface area (Å²) < 4.78 is 12.6. The van der Waals surface area contributed by atoms with Crippen molar-refractivity contribution in [3.63, 3.8) is 0 Å². The van der Waals surface area contributed by atoms with Gasteiger partial charge in [-0.2, -0.15) is 0 Å². The quantitative estimate of drug-likeness (QED) is 0.721. The van der Waals surface area contributed by atoms with E-state index in [-0.39, 0.29) is 5.82 Å². The molecule has 1 radical (unpaired) electrons. The van der Waals surface area contributed by atoms with Gasteiger partial charge in [-0.3, -0.25) is 4.79 Å². The van der Waals surface area contributed by atoms with E-state index in [1.807, 2.05) is 0 Å². The first-order chi connectivity index (χ1) is 5.72. The number of rotatable bonds is 3. The number of benzene rings is 1. The lowest BCUT2D eigenvalue weighted by atomic mass is 10.1. The normalized spacial score (nSPS) is 12.5. The summed E-state index contributed by atoms with van der Waals surface area (Å²) in [4.78, 5) is 10.1. The Morgan fingerprint density at radius 2 is 2.33 bits per heavy atom. The Balaban J connectivity index is 2.69. The molecule has 1 aromatic rings. The molecule has 0 amide bonds. The van der Waals surface area contributed by atoms with Crippen LogP contribution in [0.3, 0.4) is 0 Å². The van der Waals surface area contributed by atoms with Crippen molar-refractivity contribution >= 4 is 6.29 Å². The molecule has 1 aromatic carbocycles. The highest BCUT2D eigenvalue weighted by Gasteiger charge is 2.02. The van der Waals surface area contributed by atoms with Crippen molar-refractivity contribution < 1.29 is 9.18 Å². The first kappa shape index (κ1) is 8.87. The first-order valence-electron chi connectivity index (χ1n) is 3.60. The monoisotopic (exact) mass is 166 g/mol. The van der Waals surface area contributed by atoms with Gasteiger partial charge in [-0.1, -0.05) is 12.1 Å². The van der Waals surface area contributed by atoms with Crippen LogP contribution in [0.2, 0.25) is 0 Å². The fraction of sp³-hybridized carbons (Fsp3) is 0.222. The van der Waals surface area contributed by atoms with Crippen LogP contribution < -0.4 is 5.73 Å². The summed E-state index contributed by atoms with van der Waals surface area (Å²) in [5.41, 5.74) is 6.02. The van der Waals surface area contributed by atoms with E-state index in [0.29, 0.717) is 12.0 Å². The molecule has 0 spiro atoms. The van der Waals surface area contributed by atoms with Gasteiger partial charge in [0.1, 0.15) is 5.82 Å². The second kappa shape index (κ2) is 3.97. The average Bonchev–Trinajstić information content (AvgIpc) is 2.04. The Morgan fingerprint density at radius 1 is 1.58 bits per heavy atom. The van der Waals surface area contributed by atoms with Gasteiger partial charge in [-0.25, -0.2) is 4.39 Å². The van der Waals surface area contributed by atoms with E-state index in [0.717, 1.165) is 0 Å². The maximum Gasteiger partial charge on any atom is 0.217 e. The van der Waals surface area contributed by atoms with Crippen LogP contribution in [0.4, 0.5) is 4.39 Å².